The van der Waals surface area contributed by atoms with Crippen LogP contribution in [0.5, 0.6) is 0 Å². The molecule has 0 saturated heterocycles. The molecule has 1 unspecified atom stereocenters. The molecule has 2 rings (SSSR count). The van der Waals surface area contributed by atoms with Gasteiger partial charge in [-0.3, -0.25) is 9.88 Å². The number of aromatic nitrogens is 1. The zero-order valence-corrected chi connectivity index (χ0v) is 12.4. The first-order valence-electron chi connectivity index (χ1n) is 6.64. The van der Waals surface area contributed by atoms with E-state index in [1.165, 1.54) is 15.3 Å². The Morgan fingerprint density at radius 3 is 2.53 bits per heavy atom. The second-order valence-electron chi connectivity index (χ2n) is 4.62. The third kappa shape index (κ3) is 3.62. The van der Waals surface area contributed by atoms with Crippen LogP contribution in [-0.4, -0.2) is 23.0 Å². The van der Waals surface area contributed by atoms with Crippen LogP contribution in [0.25, 0.3) is 0 Å². The van der Waals surface area contributed by atoms with Crippen LogP contribution in [0.3, 0.4) is 0 Å². The van der Waals surface area contributed by atoms with Gasteiger partial charge in [-0.05, 0) is 43.3 Å². The van der Waals surface area contributed by atoms with Gasteiger partial charge in [0.2, 0.25) is 0 Å². The van der Waals surface area contributed by atoms with Crippen molar-refractivity contribution < 1.29 is 0 Å². The summed E-state index contributed by atoms with van der Waals surface area (Å²) in [6.45, 7) is 6.88. The largest absolute Gasteiger partial charge is 0.329 e. The van der Waals surface area contributed by atoms with Crippen LogP contribution in [0.2, 0.25) is 0 Å². The quantitative estimate of drug-likeness (QED) is 0.881. The lowest BCUT2D eigenvalue weighted by molar-refractivity contribution is 0.206. The second kappa shape index (κ2) is 6.80. The molecule has 2 N–H and O–H groups in total. The van der Waals surface area contributed by atoms with E-state index in [4.69, 9.17) is 5.73 Å². The number of likely N-dealkylation sites (N-methyl/N-ethyl adjacent to an activating group) is 1. The molecule has 0 aliphatic carbocycles. The average molecular weight is 275 g/mol. The standard InChI is InChI=1S/C15H21N3S/c1-3-18(11-13-6-8-17-9-7-13)14(10-16)15-5-4-12(2)19-15/h4-9,14H,3,10-11,16H2,1-2H3. The van der Waals surface area contributed by atoms with Gasteiger partial charge < -0.3 is 5.73 Å². The highest BCUT2D eigenvalue weighted by Gasteiger charge is 2.19. The molecular formula is C15H21N3S. The van der Waals surface area contributed by atoms with Gasteiger partial charge in [0.1, 0.15) is 0 Å². The van der Waals surface area contributed by atoms with Gasteiger partial charge in [0.15, 0.2) is 0 Å². The molecule has 0 spiro atoms. The molecule has 19 heavy (non-hydrogen) atoms. The van der Waals surface area contributed by atoms with Gasteiger partial charge in [-0.2, -0.15) is 0 Å². The van der Waals surface area contributed by atoms with Gasteiger partial charge in [0, 0.05) is 35.2 Å². The number of aryl methyl sites for hydroxylation is 1. The van der Waals surface area contributed by atoms with Crippen molar-refractivity contribution in [1.29, 1.82) is 0 Å². The summed E-state index contributed by atoms with van der Waals surface area (Å²) >= 11 is 1.84. The molecule has 0 radical (unpaired) electrons. The van der Waals surface area contributed by atoms with Gasteiger partial charge in [0.05, 0.1) is 6.04 Å². The molecule has 0 aliphatic rings. The van der Waals surface area contributed by atoms with Crippen molar-refractivity contribution >= 4 is 11.3 Å². The smallest absolute Gasteiger partial charge is 0.0567 e. The first-order chi connectivity index (χ1) is 9.24. The van der Waals surface area contributed by atoms with Crippen LogP contribution >= 0.6 is 11.3 Å². The number of rotatable bonds is 6. The molecule has 3 nitrogen and oxygen atoms in total. The van der Waals surface area contributed by atoms with Crippen molar-refractivity contribution in [3.63, 3.8) is 0 Å². The Morgan fingerprint density at radius 2 is 2.00 bits per heavy atom. The summed E-state index contributed by atoms with van der Waals surface area (Å²) in [7, 11) is 0. The molecular weight excluding hydrogens is 254 g/mol. The van der Waals surface area contributed by atoms with Crippen LogP contribution in [0.4, 0.5) is 0 Å². The summed E-state index contributed by atoms with van der Waals surface area (Å²) in [6.07, 6.45) is 3.69. The Morgan fingerprint density at radius 1 is 1.26 bits per heavy atom. The van der Waals surface area contributed by atoms with Crippen LogP contribution in [0, 0.1) is 6.92 Å². The van der Waals surface area contributed by atoms with Gasteiger partial charge in [-0.1, -0.05) is 6.92 Å². The van der Waals surface area contributed by atoms with E-state index < -0.39 is 0 Å². The number of nitrogens with zero attached hydrogens (tertiary/aromatic N) is 2. The predicted molar refractivity (Wildman–Crippen MR) is 81.2 cm³/mol. The average Bonchev–Trinajstić information content (AvgIpc) is 2.86. The number of thiophene rings is 1. The summed E-state index contributed by atoms with van der Waals surface area (Å²) in [6, 6.07) is 8.80. The molecule has 4 heteroatoms. The molecule has 0 bridgehead atoms. The maximum atomic E-state index is 6.00. The summed E-state index contributed by atoms with van der Waals surface area (Å²) in [5.74, 6) is 0. The van der Waals surface area contributed by atoms with Gasteiger partial charge in [-0.15, -0.1) is 11.3 Å². The Kier molecular flexibility index (Phi) is 5.07. The molecule has 0 amide bonds. The van der Waals surface area contributed by atoms with Crippen LogP contribution in [0.1, 0.15) is 28.3 Å². The van der Waals surface area contributed by atoms with Gasteiger partial charge >= 0.3 is 0 Å². The lowest BCUT2D eigenvalue weighted by Gasteiger charge is -2.29. The van der Waals surface area contributed by atoms with E-state index >= 15 is 0 Å². The van der Waals surface area contributed by atoms with E-state index in [0.29, 0.717) is 12.6 Å². The Hall–Kier alpha value is -1.23. The highest BCUT2D eigenvalue weighted by molar-refractivity contribution is 7.12. The molecule has 2 aromatic heterocycles. The van der Waals surface area contributed by atoms with E-state index in [1.54, 1.807) is 0 Å². The van der Waals surface area contributed by atoms with E-state index in [9.17, 15) is 0 Å². The van der Waals surface area contributed by atoms with Gasteiger partial charge in [0.25, 0.3) is 0 Å². The minimum Gasteiger partial charge on any atom is -0.329 e. The number of hydrogen-bond donors (Lipinski definition) is 1. The minimum absolute atomic E-state index is 0.303. The molecule has 2 heterocycles. The monoisotopic (exact) mass is 275 g/mol. The molecule has 0 fully saturated rings. The van der Waals surface area contributed by atoms with Crippen molar-refractivity contribution in [1.82, 2.24) is 9.88 Å². The molecule has 102 valence electrons. The maximum Gasteiger partial charge on any atom is 0.0567 e. The highest BCUT2D eigenvalue weighted by Crippen LogP contribution is 2.27. The van der Waals surface area contributed by atoms with Crippen LogP contribution < -0.4 is 5.73 Å². The second-order valence-corrected chi connectivity index (χ2v) is 5.94. The fraction of sp³-hybridized carbons (Fsp3) is 0.400. The number of hydrogen-bond acceptors (Lipinski definition) is 4. The van der Waals surface area contributed by atoms with Crippen molar-refractivity contribution in [3.8, 4) is 0 Å². The third-order valence-electron chi connectivity index (χ3n) is 3.29. The zero-order valence-electron chi connectivity index (χ0n) is 11.5. The predicted octanol–water partition coefficient (Wildman–Crippen LogP) is 2.97. The lowest BCUT2D eigenvalue weighted by atomic mass is 10.1. The van der Waals surface area contributed by atoms with Crippen LogP contribution in [0.15, 0.2) is 36.7 Å². The number of nitrogens with two attached hydrogens (primary N) is 1. The SMILES string of the molecule is CCN(Cc1ccncc1)C(CN)c1ccc(C)s1. The van der Waals surface area contributed by atoms with Crippen molar-refractivity contribution in [2.75, 3.05) is 13.1 Å². The Balaban J connectivity index is 2.15. The first kappa shape index (κ1) is 14.2. The summed E-state index contributed by atoms with van der Waals surface area (Å²) in [5.41, 5.74) is 7.28. The van der Waals surface area contributed by atoms with Gasteiger partial charge in [-0.25, -0.2) is 0 Å². The van der Waals surface area contributed by atoms with E-state index in [-0.39, 0.29) is 0 Å². The molecule has 0 aromatic carbocycles. The molecule has 0 saturated carbocycles. The summed E-state index contributed by atoms with van der Waals surface area (Å²) < 4.78 is 0. The third-order valence-corrected chi connectivity index (χ3v) is 4.40. The van der Waals surface area contributed by atoms with E-state index in [0.717, 1.165) is 13.1 Å². The summed E-state index contributed by atoms with van der Waals surface area (Å²) in [4.78, 5) is 9.18. The van der Waals surface area contributed by atoms with Crippen molar-refractivity contribution in [2.45, 2.75) is 26.4 Å². The Bertz CT molecular complexity index is 495. The molecule has 0 aliphatic heterocycles. The molecule has 2 aromatic rings. The van der Waals surface area contributed by atoms with E-state index in [2.05, 4.69) is 48.0 Å². The van der Waals surface area contributed by atoms with E-state index in [1.807, 2.05) is 23.7 Å². The fourth-order valence-electron chi connectivity index (χ4n) is 2.24. The maximum absolute atomic E-state index is 6.00. The minimum atomic E-state index is 0.303. The van der Waals surface area contributed by atoms with Crippen molar-refractivity contribution in [2.24, 2.45) is 5.73 Å². The summed E-state index contributed by atoms with van der Waals surface area (Å²) in [5, 5.41) is 0. The van der Waals surface area contributed by atoms with Crippen molar-refractivity contribution in [3.05, 3.63) is 52.0 Å². The topological polar surface area (TPSA) is 42.2 Å². The first-order valence-corrected chi connectivity index (χ1v) is 7.45. The van der Waals surface area contributed by atoms with Crippen LogP contribution in [-0.2, 0) is 6.54 Å². The zero-order chi connectivity index (χ0) is 13.7. The molecule has 1 atom stereocenters. The highest BCUT2D eigenvalue weighted by atomic mass is 32.1. The fourth-order valence-corrected chi connectivity index (χ4v) is 3.27. The Labute approximate surface area is 119 Å². The number of pyridine rings is 1. The normalized spacial score (nSPS) is 12.8. The lowest BCUT2D eigenvalue weighted by Crippen LogP contribution is -2.32.